The van der Waals surface area contributed by atoms with E-state index in [0.29, 0.717) is 11.4 Å². The zero-order valence-electron chi connectivity index (χ0n) is 15.9. The van der Waals surface area contributed by atoms with Crippen LogP contribution in [0.2, 0.25) is 0 Å². The highest BCUT2D eigenvalue weighted by Crippen LogP contribution is 2.32. The number of methoxy groups -OCH3 is 2. The molecule has 3 aromatic rings. The first-order valence-electron chi connectivity index (χ1n) is 8.59. The van der Waals surface area contributed by atoms with Crippen LogP contribution in [0.3, 0.4) is 0 Å². The maximum Gasteiger partial charge on any atom is 0.341 e. The summed E-state index contributed by atoms with van der Waals surface area (Å²) in [5.74, 6) is 0.875. The summed E-state index contributed by atoms with van der Waals surface area (Å²) in [4.78, 5) is 16.3. The van der Waals surface area contributed by atoms with Gasteiger partial charge in [-0.1, -0.05) is 12.1 Å². The molecule has 0 atom stereocenters. The summed E-state index contributed by atoms with van der Waals surface area (Å²) in [6, 6.07) is 15.6. The minimum Gasteiger partial charge on any atom is -0.497 e. The topological polar surface area (TPSA) is 60.5 Å². The Hall–Kier alpha value is -3.34. The zero-order chi connectivity index (χ0) is 19.4. The molecule has 0 aliphatic heterocycles. The average Bonchev–Trinajstić information content (AvgIpc) is 2.70. The molecule has 0 fully saturated rings. The van der Waals surface area contributed by atoms with Crippen LogP contribution >= 0.6 is 0 Å². The van der Waals surface area contributed by atoms with Gasteiger partial charge in [-0.15, -0.1) is 0 Å². The molecule has 3 rings (SSSR count). The van der Waals surface area contributed by atoms with Crippen molar-refractivity contribution in [2.45, 2.75) is 13.8 Å². The molecule has 0 aliphatic carbocycles. The van der Waals surface area contributed by atoms with Gasteiger partial charge in [0.1, 0.15) is 17.1 Å². The smallest absolute Gasteiger partial charge is 0.341 e. The van der Waals surface area contributed by atoms with E-state index in [1.165, 1.54) is 7.11 Å². The molecule has 0 unspecified atom stereocenters. The summed E-state index contributed by atoms with van der Waals surface area (Å²) in [6.45, 7) is 4.06. The van der Waals surface area contributed by atoms with E-state index in [9.17, 15) is 4.79 Å². The maximum atomic E-state index is 12.0. The molecule has 2 aromatic carbocycles. The molecule has 5 nitrogen and oxygen atoms in total. The predicted octanol–water partition coefficient (Wildman–Crippen LogP) is 4.90. The summed E-state index contributed by atoms with van der Waals surface area (Å²) >= 11 is 0. The van der Waals surface area contributed by atoms with Crippen LogP contribution in [0.5, 0.6) is 5.75 Å². The summed E-state index contributed by atoms with van der Waals surface area (Å²) in [5.41, 5.74) is 5.61. The number of nitrogens with zero attached hydrogens (tertiary/aromatic N) is 1. The van der Waals surface area contributed by atoms with Gasteiger partial charge in [0.25, 0.3) is 0 Å². The average molecular weight is 362 g/mol. The highest BCUT2D eigenvalue weighted by atomic mass is 16.5. The van der Waals surface area contributed by atoms with Gasteiger partial charge in [0.05, 0.1) is 14.2 Å². The minimum atomic E-state index is -0.422. The third kappa shape index (κ3) is 3.92. The van der Waals surface area contributed by atoms with Crippen LogP contribution in [0.1, 0.15) is 21.5 Å². The number of nitrogens with one attached hydrogen (secondary N) is 1. The third-order valence-corrected chi connectivity index (χ3v) is 4.39. The van der Waals surface area contributed by atoms with Gasteiger partial charge in [0, 0.05) is 11.9 Å². The molecular weight excluding hydrogens is 340 g/mol. The number of aryl methyl sites for hydroxylation is 2. The second-order valence-corrected chi connectivity index (χ2v) is 6.23. The summed E-state index contributed by atoms with van der Waals surface area (Å²) in [7, 11) is 3.02. The number of rotatable bonds is 5. The molecule has 0 amide bonds. The van der Waals surface area contributed by atoms with Crippen LogP contribution in [0.15, 0.2) is 54.7 Å². The Morgan fingerprint density at radius 2 is 1.70 bits per heavy atom. The van der Waals surface area contributed by atoms with E-state index in [1.54, 1.807) is 25.4 Å². The van der Waals surface area contributed by atoms with E-state index in [1.807, 2.05) is 32.0 Å². The van der Waals surface area contributed by atoms with E-state index in [-0.39, 0.29) is 0 Å². The van der Waals surface area contributed by atoms with Crippen molar-refractivity contribution in [1.82, 2.24) is 4.98 Å². The number of anilines is 2. The fourth-order valence-electron chi connectivity index (χ4n) is 3.03. The summed E-state index contributed by atoms with van der Waals surface area (Å²) in [5, 5.41) is 3.29. The second kappa shape index (κ2) is 7.91. The normalized spacial score (nSPS) is 10.4. The van der Waals surface area contributed by atoms with Crippen molar-refractivity contribution < 1.29 is 14.3 Å². The fourth-order valence-corrected chi connectivity index (χ4v) is 3.03. The lowest BCUT2D eigenvalue weighted by Gasteiger charge is -2.16. The van der Waals surface area contributed by atoms with Crippen LogP contribution in [-0.4, -0.2) is 25.2 Å². The molecular formula is C22H22N2O3. The van der Waals surface area contributed by atoms with Crippen molar-refractivity contribution in [2.24, 2.45) is 0 Å². The van der Waals surface area contributed by atoms with Crippen LogP contribution in [-0.2, 0) is 4.74 Å². The first kappa shape index (κ1) is 18.5. The number of aromatic nitrogens is 1. The van der Waals surface area contributed by atoms with Gasteiger partial charge in [-0.25, -0.2) is 9.78 Å². The van der Waals surface area contributed by atoms with E-state index in [2.05, 4.69) is 28.5 Å². The quantitative estimate of drug-likeness (QED) is 0.654. The number of carbonyl (C=O) groups excluding carboxylic acids is 1. The molecule has 1 aromatic heterocycles. The number of carbonyl (C=O) groups is 1. The van der Waals surface area contributed by atoms with Crippen molar-refractivity contribution in [1.29, 1.82) is 0 Å². The lowest BCUT2D eigenvalue weighted by molar-refractivity contribution is 0.0601. The first-order chi connectivity index (χ1) is 13.0. The third-order valence-electron chi connectivity index (χ3n) is 4.39. The van der Waals surface area contributed by atoms with Crippen LogP contribution < -0.4 is 10.1 Å². The molecule has 0 saturated heterocycles. The van der Waals surface area contributed by atoms with Crippen molar-refractivity contribution in [3.05, 3.63) is 71.4 Å². The number of benzene rings is 2. The fraction of sp³-hybridized carbons (Fsp3) is 0.182. The van der Waals surface area contributed by atoms with E-state index in [4.69, 9.17) is 9.47 Å². The Balaban J connectivity index is 1.98. The molecule has 0 bridgehead atoms. The lowest BCUT2D eigenvalue weighted by atomic mass is 9.98. The summed E-state index contributed by atoms with van der Waals surface area (Å²) in [6.07, 6.45) is 1.64. The number of ether oxygens (including phenoxy) is 2. The van der Waals surface area contributed by atoms with Crippen LogP contribution in [0.4, 0.5) is 11.5 Å². The molecule has 27 heavy (non-hydrogen) atoms. The number of pyridine rings is 1. The van der Waals surface area contributed by atoms with Gasteiger partial charge < -0.3 is 14.8 Å². The Labute approximate surface area is 159 Å². The molecule has 0 aliphatic rings. The molecule has 0 spiro atoms. The van der Waals surface area contributed by atoms with Gasteiger partial charge >= 0.3 is 5.97 Å². The molecule has 0 saturated carbocycles. The standard InChI is InChI=1S/C22H22N2O3/c1-14-11-17(16-7-5-8-18(13-16)26-3)12-15(2)20(14)24-21-19(22(25)27-4)9-6-10-23-21/h5-13H,1-4H3,(H,23,24). The Morgan fingerprint density at radius 1 is 0.963 bits per heavy atom. The Bertz CT molecular complexity index is 960. The molecule has 138 valence electrons. The largest absolute Gasteiger partial charge is 0.497 e. The first-order valence-corrected chi connectivity index (χ1v) is 8.59. The van der Waals surface area contributed by atoms with Gasteiger partial charge in [-0.3, -0.25) is 0 Å². The van der Waals surface area contributed by atoms with Crippen LogP contribution in [0, 0.1) is 13.8 Å². The molecule has 0 radical (unpaired) electrons. The van der Waals surface area contributed by atoms with Crippen molar-refractivity contribution in [2.75, 3.05) is 19.5 Å². The van der Waals surface area contributed by atoms with Gasteiger partial charge in [0.2, 0.25) is 0 Å². The van der Waals surface area contributed by atoms with Gasteiger partial charge in [-0.05, 0) is 72.5 Å². The van der Waals surface area contributed by atoms with Crippen LogP contribution in [0.25, 0.3) is 11.1 Å². The van der Waals surface area contributed by atoms with Gasteiger partial charge in [0.15, 0.2) is 0 Å². The van der Waals surface area contributed by atoms with Gasteiger partial charge in [-0.2, -0.15) is 0 Å². The van der Waals surface area contributed by atoms with E-state index in [0.717, 1.165) is 33.7 Å². The highest BCUT2D eigenvalue weighted by Gasteiger charge is 2.15. The summed E-state index contributed by atoms with van der Waals surface area (Å²) < 4.78 is 10.2. The highest BCUT2D eigenvalue weighted by molar-refractivity contribution is 5.95. The lowest BCUT2D eigenvalue weighted by Crippen LogP contribution is -2.08. The van der Waals surface area contributed by atoms with Crippen molar-refractivity contribution >= 4 is 17.5 Å². The monoisotopic (exact) mass is 362 g/mol. The van der Waals surface area contributed by atoms with Crippen molar-refractivity contribution in [3.63, 3.8) is 0 Å². The Morgan fingerprint density at radius 3 is 2.37 bits per heavy atom. The predicted molar refractivity (Wildman–Crippen MR) is 107 cm³/mol. The Kier molecular flexibility index (Phi) is 5.41. The van der Waals surface area contributed by atoms with E-state index < -0.39 is 5.97 Å². The number of hydrogen-bond donors (Lipinski definition) is 1. The number of esters is 1. The second-order valence-electron chi connectivity index (χ2n) is 6.23. The van der Waals surface area contributed by atoms with Crippen molar-refractivity contribution in [3.8, 4) is 16.9 Å². The van der Waals surface area contributed by atoms with E-state index >= 15 is 0 Å². The molecule has 5 heteroatoms. The maximum absolute atomic E-state index is 12.0. The number of hydrogen-bond acceptors (Lipinski definition) is 5. The zero-order valence-corrected chi connectivity index (χ0v) is 15.9. The molecule has 1 heterocycles. The SMILES string of the molecule is COC(=O)c1cccnc1Nc1c(C)cc(-c2cccc(OC)c2)cc1C. The minimum absolute atomic E-state index is 0.399. The molecule has 1 N–H and O–H groups in total.